The number of benzene rings is 1. The average molecular weight is 253 g/mol. The van der Waals surface area contributed by atoms with Crippen LogP contribution in [-0.2, 0) is 6.42 Å². The van der Waals surface area contributed by atoms with E-state index in [9.17, 15) is 0 Å². The maximum atomic E-state index is 6.03. The second-order valence-electron chi connectivity index (χ2n) is 3.19. The van der Waals surface area contributed by atoms with Gasteiger partial charge in [0.1, 0.15) is 0 Å². The van der Waals surface area contributed by atoms with Gasteiger partial charge < -0.3 is 5.73 Å². The fourth-order valence-corrected chi connectivity index (χ4v) is 1.86. The maximum absolute atomic E-state index is 6.03. The molecule has 0 aliphatic rings. The molecule has 0 saturated heterocycles. The van der Waals surface area contributed by atoms with Crippen molar-refractivity contribution < 1.29 is 0 Å². The quantitative estimate of drug-likeness (QED) is 0.811. The van der Waals surface area contributed by atoms with Crippen LogP contribution in [0.4, 0.5) is 0 Å². The molecule has 4 heteroatoms. The van der Waals surface area contributed by atoms with Gasteiger partial charge in [0.15, 0.2) is 0 Å². The lowest BCUT2D eigenvalue weighted by atomic mass is 10.0. The van der Waals surface area contributed by atoms with Crippen LogP contribution in [0.25, 0.3) is 0 Å². The third kappa shape index (κ3) is 2.77. The molecule has 1 atom stereocenters. The zero-order valence-corrected chi connectivity index (χ0v) is 10.1. The molecule has 78 valence electrons. The molecule has 1 rings (SSSR count). The molecule has 0 aliphatic carbocycles. The first-order valence-corrected chi connectivity index (χ1v) is 5.57. The Kier molecular flexibility index (Phi) is 4.52. The van der Waals surface area contributed by atoms with E-state index in [0.29, 0.717) is 21.5 Å². The van der Waals surface area contributed by atoms with Gasteiger partial charge in [0.2, 0.25) is 0 Å². The lowest BCUT2D eigenvalue weighted by Gasteiger charge is -2.12. The SMILES string of the molecule is CCC(N)Cc1c(Cl)ccc(Cl)c1Cl. The number of hydrogen-bond acceptors (Lipinski definition) is 1. The molecule has 1 nitrogen and oxygen atoms in total. The zero-order chi connectivity index (χ0) is 10.7. The molecule has 0 saturated carbocycles. The minimum atomic E-state index is 0.0727. The van der Waals surface area contributed by atoms with Crippen LogP contribution in [0.15, 0.2) is 12.1 Å². The van der Waals surface area contributed by atoms with Crippen LogP contribution >= 0.6 is 34.8 Å². The largest absolute Gasteiger partial charge is 0.327 e. The molecule has 0 heterocycles. The molecule has 0 bridgehead atoms. The Bertz CT molecular complexity index is 325. The summed E-state index contributed by atoms with van der Waals surface area (Å²) in [6.07, 6.45) is 1.55. The summed E-state index contributed by atoms with van der Waals surface area (Å²) in [6, 6.07) is 3.50. The molecule has 1 aromatic rings. The van der Waals surface area contributed by atoms with E-state index in [2.05, 4.69) is 0 Å². The first-order chi connectivity index (χ1) is 6.56. The van der Waals surface area contributed by atoms with Crippen molar-refractivity contribution in [2.24, 2.45) is 5.73 Å². The van der Waals surface area contributed by atoms with Gasteiger partial charge in [0.05, 0.1) is 10.0 Å². The Morgan fingerprint density at radius 3 is 2.36 bits per heavy atom. The second-order valence-corrected chi connectivity index (χ2v) is 4.39. The van der Waals surface area contributed by atoms with Gasteiger partial charge in [-0.3, -0.25) is 0 Å². The highest BCUT2D eigenvalue weighted by atomic mass is 35.5. The molecule has 0 spiro atoms. The summed E-state index contributed by atoms with van der Waals surface area (Å²) in [5.41, 5.74) is 6.68. The van der Waals surface area contributed by atoms with Crippen molar-refractivity contribution in [1.29, 1.82) is 0 Å². The molecule has 0 aromatic heterocycles. The molecular formula is C10H12Cl3N. The van der Waals surface area contributed by atoms with E-state index < -0.39 is 0 Å². The summed E-state index contributed by atoms with van der Waals surface area (Å²) in [5.74, 6) is 0. The first kappa shape index (κ1) is 12.1. The summed E-state index contributed by atoms with van der Waals surface area (Å²) in [4.78, 5) is 0. The van der Waals surface area contributed by atoms with Crippen molar-refractivity contribution in [1.82, 2.24) is 0 Å². The number of nitrogens with two attached hydrogens (primary N) is 1. The van der Waals surface area contributed by atoms with Gasteiger partial charge in [-0.1, -0.05) is 41.7 Å². The van der Waals surface area contributed by atoms with Crippen molar-refractivity contribution in [2.75, 3.05) is 0 Å². The minimum Gasteiger partial charge on any atom is -0.327 e. The summed E-state index contributed by atoms with van der Waals surface area (Å²) in [7, 11) is 0. The molecule has 14 heavy (non-hydrogen) atoms. The van der Waals surface area contributed by atoms with E-state index >= 15 is 0 Å². The molecule has 1 aromatic carbocycles. The fourth-order valence-electron chi connectivity index (χ4n) is 1.16. The molecule has 2 N–H and O–H groups in total. The van der Waals surface area contributed by atoms with Gasteiger partial charge in [-0.2, -0.15) is 0 Å². The first-order valence-electron chi connectivity index (χ1n) is 4.44. The van der Waals surface area contributed by atoms with Crippen molar-refractivity contribution in [3.05, 3.63) is 32.8 Å². The zero-order valence-electron chi connectivity index (χ0n) is 7.86. The van der Waals surface area contributed by atoms with Gasteiger partial charge in [-0.05, 0) is 30.5 Å². The monoisotopic (exact) mass is 251 g/mol. The smallest absolute Gasteiger partial charge is 0.0639 e. The van der Waals surface area contributed by atoms with Crippen LogP contribution in [-0.4, -0.2) is 6.04 Å². The van der Waals surface area contributed by atoms with Crippen molar-refractivity contribution >= 4 is 34.8 Å². The maximum Gasteiger partial charge on any atom is 0.0639 e. The van der Waals surface area contributed by atoms with Gasteiger partial charge in [0.25, 0.3) is 0 Å². The fraction of sp³-hybridized carbons (Fsp3) is 0.400. The van der Waals surface area contributed by atoms with Crippen molar-refractivity contribution in [3.8, 4) is 0 Å². The third-order valence-electron chi connectivity index (χ3n) is 2.13. The van der Waals surface area contributed by atoms with Gasteiger partial charge >= 0.3 is 0 Å². The molecule has 0 aliphatic heterocycles. The molecule has 0 radical (unpaired) electrons. The standard InChI is InChI=1S/C10H12Cl3N/c1-2-6(14)5-7-8(11)3-4-9(12)10(7)13/h3-4,6H,2,5,14H2,1H3. The van der Waals surface area contributed by atoms with Crippen molar-refractivity contribution in [3.63, 3.8) is 0 Å². The Morgan fingerprint density at radius 2 is 1.79 bits per heavy atom. The number of rotatable bonds is 3. The highest BCUT2D eigenvalue weighted by Crippen LogP contribution is 2.32. The lowest BCUT2D eigenvalue weighted by Crippen LogP contribution is -2.21. The van der Waals surface area contributed by atoms with Crippen LogP contribution in [0.1, 0.15) is 18.9 Å². The van der Waals surface area contributed by atoms with Gasteiger partial charge in [-0.25, -0.2) is 0 Å². The van der Waals surface area contributed by atoms with Crippen LogP contribution in [0.5, 0.6) is 0 Å². The summed E-state index contributed by atoms with van der Waals surface area (Å²) < 4.78 is 0. The van der Waals surface area contributed by atoms with Crippen LogP contribution in [0.3, 0.4) is 0 Å². The minimum absolute atomic E-state index is 0.0727. The average Bonchev–Trinajstić information content (AvgIpc) is 2.18. The van der Waals surface area contributed by atoms with E-state index in [1.807, 2.05) is 6.92 Å². The third-order valence-corrected chi connectivity index (χ3v) is 3.33. The van der Waals surface area contributed by atoms with Crippen LogP contribution in [0.2, 0.25) is 15.1 Å². The van der Waals surface area contributed by atoms with E-state index in [-0.39, 0.29) is 6.04 Å². The summed E-state index contributed by atoms with van der Waals surface area (Å²) in [6.45, 7) is 2.02. The van der Waals surface area contributed by atoms with Crippen molar-refractivity contribution in [2.45, 2.75) is 25.8 Å². The highest BCUT2D eigenvalue weighted by Gasteiger charge is 2.12. The second kappa shape index (κ2) is 5.22. The van der Waals surface area contributed by atoms with E-state index in [4.69, 9.17) is 40.5 Å². The highest BCUT2D eigenvalue weighted by molar-refractivity contribution is 6.44. The predicted octanol–water partition coefficient (Wildman–Crippen LogP) is 3.93. The van der Waals surface area contributed by atoms with Crippen LogP contribution in [0, 0.1) is 0 Å². The van der Waals surface area contributed by atoms with Gasteiger partial charge in [-0.15, -0.1) is 0 Å². The molecule has 0 amide bonds. The normalized spacial score (nSPS) is 12.9. The van der Waals surface area contributed by atoms with E-state index in [1.165, 1.54) is 0 Å². The molecule has 1 unspecified atom stereocenters. The van der Waals surface area contributed by atoms with Gasteiger partial charge in [0, 0.05) is 11.1 Å². The number of hydrogen-bond donors (Lipinski definition) is 1. The topological polar surface area (TPSA) is 26.0 Å². The van der Waals surface area contributed by atoms with E-state index in [1.54, 1.807) is 12.1 Å². The Labute approximate surface area is 99.1 Å². The Morgan fingerprint density at radius 1 is 1.21 bits per heavy atom. The van der Waals surface area contributed by atoms with E-state index in [0.717, 1.165) is 12.0 Å². The molecular weight excluding hydrogens is 240 g/mol. The van der Waals surface area contributed by atoms with Crippen LogP contribution < -0.4 is 5.73 Å². The summed E-state index contributed by atoms with van der Waals surface area (Å²) in [5, 5.41) is 1.67. The Hall–Kier alpha value is 0.0500. The number of halogens is 3. The lowest BCUT2D eigenvalue weighted by molar-refractivity contribution is 0.646. The molecule has 0 fully saturated rings. The summed E-state index contributed by atoms with van der Waals surface area (Å²) >= 11 is 17.9. The Balaban J connectivity index is 3.00. The predicted molar refractivity (Wildman–Crippen MR) is 63.4 cm³/mol.